The SMILES string of the molecule is CC.CC1CN(C)CCN1.CCO. The Morgan fingerprint density at radius 1 is 1.46 bits per heavy atom. The predicted octanol–water partition coefficient (Wildman–Crippen LogP) is 0.935. The van der Waals surface area contributed by atoms with E-state index >= 15 is 0 Å². The number of hydrogen-bond acceptors (Lipinski definition) is 3. The van der Waals surface area contributed by atoms with Gasteiger partial charge in [-0.3, -0.25) is 0 Å². The molecule has 1 rings (SSSR count). The smallest absolute Gasteiger partial charge is 0.0402 e. The van der Waals surface area contributed by atoms with Crippen LogP contribution in [-0.2, 0) is 0 Å². The van der Waals surface area contributed by atoms with Gasteiger partial charge in [-0.2, -0.15) is 0 Å². The van der Waals surface area contributed by atoms with Gasteiger partial charge in [0.05, 0.1) is 0 Å². The van der Waals surface area contributed by atoms with Gasteiger partial charge in [0.1, 0.15) is 0 Å². The number of rotatable bonds is 0. The van der Waals surface area contributed by atoms with Crippen molar-refractivity contribution in [1.29, 1.82) is 0 Å². The molecule has 1 aliphatic rings. The summed E-state index contributed by atoms with van der Waals surface area (Å²) < 4.78 is 0. The predicted molar refractivity (Wildman–Crippen MR) is 59.1 cm³/mol. The summed E-state index contributed by atoms with van der Waals surface area (Å²) in [6, 6.07) is 0.689. The van der Waals surface area contributed by atoms with Crippen LogP contribution in [0.4, 0.5) is 0 Å². The molecule has 0 saturated carbocycles. The highest BCUT2D eigenvalue weighted by Gasteiger charge is 2.09. The Balaban J connectivity index is 0. The molecular formula is C10H26N2O. The highest BCUT2D eigenvalue weighted by molar-refractivity contribution is 4.71. The molecule has 0 aliphatic carbocycles. The highest BCUT2D eigenvalue weighted by Crippen LogP contribution is 1.92. The maximum absolute atomic E-state index is 7.57. The lowest BCUT2D eigenvalue weighted by Crippen LogP contribution is -2.47. The first-order valence-electron chi connectivity index (χ1n) is 5.23. The number of piperazine rings is 1. The van der Waals surface area contributed by atoms with Crippen molar-refractivity contribution in [3.05, 3.63) is 0 Å². The van der Waals surface area contributed by atoms with Crippen molar-refractivity contribution in [2.75, 3.05) is 33.3 Å². The molecule has 13 heavy (non-hydrogen) atoms. The number of nitrogens with one attached hydrogen (secondary N) is 1. The van der Waals surface area contributed by atoms with Crippen LogP contribution in [0.25, 0.3) is 0 Å². The van der Waals surface area contributed by atoms with Gasteiger partial charge in [0.25, 0.3) is 0 Å². The third-order valence-corrected chi connectivity index (χ3v) is 1.57. The molecule has 0 aromatic heterocycles. The van der Waals surface area contributed by atoms with Crippen molar-refractivity contribution >= 4 is 0 Å². The van der Waals surface area contributed by atoms with E-state index in [1.807, 2.05) is 13.8 Å². The number of aliphatic hydroxyl groups excluding tert-OH is 1. The molecule has 0 radical (unpaired) electrons. The molecule has 2 N–H and O–H groups in total. The van der Waals surface area contributed by atoms with Crippen LogP contribution in [0.1, 0.15) is 27.7 Å². The van der Waals surface area contributed by atoms with Gasteiger partial charge >= 0.3 is 0 Å². The molecule has 1 atom stereocenters. The van der Waals surface area contributed by atoms with Gasteiger partial charge in [-0.05, 0) is 20.9 Å². The first kappa shape index (κ1) is 15.4. The molecule has 1 fully saturated rings. The summed E-state index contributed by atoms with van der Waals surface area (Å²) >= 11 is 0. The van der Waals surface area contributed by atoms with Gasteiger partial charge in [0.15, 0.2) is 0 Å². The molecule has 1 saturated heterocycles. The average Bonchev–Trinajstić information content (AvgIpc) is 2.08. The summed E-state index contributed by atoms with van der Waals surface area (Å²) in [4.78, 5) is 2.35. The summed E-state index contributed by atoms with van der Waals surface area (Å²) in [5, 5.41) is 10.9. The van der Waals surface area contributed by atoms with E-state index in [2.05, 4.69) is 24.2 Å². The second kappa shape index (κ2) is 11.9. The van der Waals surface area contributed by atoms with Crippen LogP contribution in [0.3, 0.4) is 0 Å². The Morgan fingerprint density at radius 3 is 2.15 bits per heavy atom. The summed E-state index contributed by atoms with van der Waals surface area (Å²) in [6.45, 7) is 11.7. The van der Waals surface area contributed by atoms with Gasteiger partial charge in [0, 0.05) is 32.3 Å². The van der Waals surface area contributed by atoms with E-state index in [-0.39, 0.29) is 6.61 Å². The number of likely N-dealkylation sites (N-methyl/N-ethyl adjacent to an activating group) is 1. The largest absolute Gasteiger partial charge is 0.397 e. The Bertz CT molecular complexity index is 81.0. The van der Waals surface area contributed by atoms with Gasteiger partial charge in [-0.25, -0.2) is 0 Å². The van der Waals surface area contributed by atoms with E-state index in [0.29, 0.717) is 6.04 Å². The zero-order valence-corrected chi connectivity index (χ0v) is 9.80. The van der Waals surface area contributed by atoms with Crippen LogP contribution >= 0.6 is 0 Å². The van der Waals surface area contributed by atoms with Crippen molar-refractivity contribution in [2.45, 2.75) is 33.7 Å². The standard InChI is InChI=1S/C6H14N2.C2H6O.C2H6/c1-6-5-8(2)4-3-7-6;1-2-3;1-2/h6-7H,3-5H2,1-2H3;3H,2H2,1H3;1-2H3. The third kappa shape index (κ3) is 11.9. The van der Waals surface area contributed by atoms with E-state index in [0.717, 1.165) is 6.54 Å². The lowest BCUT2D eigenvalue weighted by atomic mass is 10.2. The fraction of sp³-hybridized carbons (Fsp3) is 1.00. The molecule has 3 heteroatoms. The van der Waals surface area contributed by atoms with Crippen LogP contribution in [0.15, 0.2) is 0 Å². The average molecular weight is 190 g/mol. The third-order valence-electron chi connectivity index (χ3n) is 1.57. The van der Waals surface area contributed by atoms with Crippen LogP contribution in [0.2, 0.25) is 0 Å². The monoisotopic (exact) mass is 190 g/mol. The summed E-state index contributed by atoms with van der Waals surface area (Å²) in [6.07, 6.45) is 0. The molecule has 1 unspecified atom stereocenters. The van der Waals surface area contributed by atoms with Crippen LogP contribution in [0, 0.1) is 0 Å². The van der Waals surface area contributed by atoms with E-state index in [4.69, 9.17) is 5.11 Å². The molecule has 1 aliphatic heterocycles. The lowest BCUT2D eigenvalue weighted by molar-refractivity contribution is 0.248. The molecule has 0 bridgehead atoms. The fourth-order valence-electron chi connectivity index (χ4n) is 1.13. The fourth-order valence-corrected chi connectivity index (χ4v) is 1.13. The maximum atomic E-state index is 7.57. The minimum Gasteiger partial charge on any atom is -0.397 e. The first-order chi connectivity index (χ1) is 6.20. The number of aliphatic hydroxyl groups is 1. The molecule has 0 aromatic rings. The first-order valence-corrected chi connectivity index (χ1v) is 5.23. The molecule has 3 nitrogen and oxygen atoms in total. The van der Waals surface area contributed by atoms with Crippen LogP contribution in [-0.4, -0.2) is 49.3 Å². The molecule has 1 heterocycles. The maximum Gasteiger partial charge on any atom is 0.0402 e. The van der Waals surface area contributed by atoms with Gasteiger partial charge in [0.2, 0.25) is 0 Å². The van der Waals surface area contributed by atoms with Crippen molar-refractivity contribution in [1.82, 2.24) is 10.2 Å². The van der Waals surface area contributed by atoms with Crippen LogP contribution in [0.5, 0.6) is 0 Å². The molecule has 82 valence electrons. The Hall–Kier alpha value is -0.120. The second-order valence-electron chi connectivity index (χ2n) is 2.93. The Labute approximate surface area is 83.1 Å². The highest BCUT2D eigenvalue weighted by atomic mass is 16.2. The van der Waals surface area contributed by atoms with Gasteiger partial charge in [-0.1, -0.05) is 13.8 Å². The van der Waals surface area contributed by atoms with Crippen molar-refractivity contribution in [2.24, 2.45) is 0 Å². The zero-order chi connectivity index (χ0) is 10.7. The molecule has 0 amide bonds. The van der Waals surface area contributed by atoms with Crippen LogP contribution < -0.4 is 5.32 Å². The second-order valence-corrected chi connectivity index (χ2v) is 2.93. The topological polar surface area (TPSA) is 35.5 Å². The molecular weight excluding hydrogens is 164 g/mol. The van der Waals surface area contributed by atoms with E-state index in [9.17, 15) is 0 Å². The molecule has 0 spiro atoms. The van der Waals surface area contributed by atoms with E-state index < -0.39 is 0 Å². The normalized spacial score (nSPS) is 22.2. The summed E-state index contributed by atoms with van der Waals surface area (Å²) in [5.41, 5.74) is 0. The quantitative estimate of drug-likeness (QED) is 0.596. The number of nitrogens with zero attached hydrogens (tertiary/aromatic N) is 1. The van der Waals surface area contributed by atoms with Crippen molar-refractivity contribution in [3.8, 4) is 0 Å². The van der Waals surface area contributed by atoms with E-state index in [1.54, 1.807) is 6.92 Å². The van der Waals surface area contributed by atoms with Gasteiger partial charge in [-0.15, -0.1) is 0 Å². The zero-order valence-electron chi connectivity index (χ0n) is 9.80. The van der Waals surface area contributed by atoms with Crippen molar-refractivity contribution in [3.63, 3.8) is 0 Å². The molecule has 0 aromatic carbocycles. The van der Waals surface area contributed by atoms with E-state index in [1.165, 1.54) is 13.1 Å². The number of hydrogen-bond donors (Lipinski definition) is 2. The minimum atomic E-state index is 0.250. The summed E-state index contributed by atoms with van der Waals surface area (Å²) in [7, 11) is 2.16. The minimum absolute atomic E-state index is 0.250. The summed E-state index contributed by atoms with van der Waals surface area (Å²) in [5.74, 6) is 0. The Kier molecular flexibility index (Phi) is 14.0. The Morgan fingerprint density at radius 2 is 1.92 bits per heavy atom. The lowest BCUT2D eigenvalue weighted by Gasteiger charge is -2.28. The van der Waals surface area contributed by atoms with Gasteiger partial charge < -0.3 is 15.3 Å². The van der Waals surface area contributed by atoms with Crippen molar-refractivity contribution < 1.29 is 5.11 Å².